The summed E-state index contributed by atoms with van der Waals surface area (Å²) in [4.78, 5) is 18.1. The van der Waals surface area contributed by atoms with Crippen LogP contribution in [0, 0.1) is 0 Å². The molecule has 2 saturated heterocycles. The van der Waals surface area contributed by atoms with Crippen molar-refractivity contribution in [3.8, 4) is 0 Å². The molecular formula is C21H33BN2O4. The second kappa shape index (κ2) is 7.34. The molecule has 1 aromatic rings. The van der Waals surface area contributed by atoms with Gasteiger partial charge < -0.3 is 18.9 Å². The molecule has 0 radical (unpaired) electrons. The van der Waals surface area contributed by atoms with Gasteiger partial charge in [-0.05, 0) is 72.8 Å². The van der Waals surface area contributed by atoms with E-state index in [0.29, 0.717) is 31.5 Å². The Kier molecular flexibility index (Phi) is 4.53. The minimum Gasteiger partial charge on any atom is -0.444 e. The molecule has 0 spiro atoms. The van der Waals surface area contributed by atoms with Crippen molar-refractivity contribution in [2.24, 2.45) is 0 Å². The number of hydrogen-bond acceptors (Lipinski definition) is 5. The zero-order valence-electron chi connectivity index (χ0n) is 21.0. The number of nitrogens with zero attached hydrogens (tertiary/aromatic N) is 2. The van der Waals surface area contributed by atoms with Crippen LogP contribution in [0.4, 0.5) is 4.79 Å². The number of carbonyl (C=O) groups is 1. The SMILES string of the molecule is [2H]c1nc([2H])c(C2CCN(C(=O)OC(C)(C)C)CC2)c([2H])c1B1OC(C)(C)C(C)(C)O1. The number of pyridine rings is 1. The van der Waals surface area contributed by atoms with Gasteiger partial charge in [-0.1, -0.05) is 6.04 Å². The minimum absolute atomic E-state index is 0.0639. The summed E-state index contributed by atoms with van der Waals surface area (Å²) in [5.74, 6) is -0.104. The smallest absolute Gasteiger partial charge is 0.444 e. The molecule has 1 aromatic heterocycles. The number of rotatable bonds is 2. The fourth-order valence-corrected chi connectivity index (χ4v) is 3.29. The second-order valence-electron chi connectivity index (χ2n) is 9.62. The number of ether oxygens (including phenoxy) is 1. The Bertz CT molecular complexity index is 849. The predicted molar refractivity (Wildman–Crippen MR) is 110 cm³/mol. The molecule has 7 heteroatoms. The zero-order chi connectivity index (χ0) is 23.4. The number of aromatic nitrogens is 1. The Hall–Kier alpha value is -1.60. The van der Waals surface area contributed by atoms with Crippen molar-refractivity contribution in [1.82, 2.24) is 9.88 Å². The Morgan fingerprint density at radius 2 is 1.79 bits per heavy atom. The van der Waals surface area contributed by atoms with E-state index in [0.717, 1.165) is 0 Å². The van der Waals surface area contributed by atoms with Crippen molar-refractivity contribution in [1.29, 1.82) is 0 Å². The Morgan fingerprint density at radius 3 is 2.32 bits per heavy atom. The standard InChI is InChI=1S/C21H33BN2O4/c1-19(2,3)26-18(25)24-10-8-15(9-11-24)16-12-17(14-23-13-16)22-27-20(4,5)21(6,7)28-22/h12-15H,8-11H2,1-7H3/i12D,13D,14D. The molecule has 3 heterocycles. The van der Waals surface area contributed by atoms with Gasteiger partial charge in [-0.2, -0.15) is 0 Å². The number of amides is 1. The maximum atomic E-state index is 12.3. The van der Waals surface area contributed by atoms with E-state index in [1.54, 1.807) is 4.90 Å². The average molecular weight is 391 g/mol. The largest absolute Gasteiger partial charge is 0.496 e. The summed E-state index contributed by atoms with van der Waals surface area (Å²) in [6, 6.07) is 0.0826. The summed E-state index contributed by atoms with van der Waals surface area (Å²) in [6.45, 7) is 14.1. The van der Waals surface area contributed by atoms with Crippen LogP contribution >= 0.6 is 0 Å². The number of hydrogen-bond donors (Lipinski definition) is 0. The third-order valence-electron chi connectivity index (χ3n) is 5.67. The highest BCUT2D eigenvalue weighted by molar-refractivity contribution is 6.62. The molecule has 0 unspecified atom stereocenters. The van der Waals surface area contributed by atoms with Crippen LogP contribution in [0.5, 0.6) is 0 Å². The van der Waals surface area contributed by atoms with E-state index in [-0.39, 0.29) is 35.9 Å². The maximum Gasteiger partial charge on any atom is 0.496 e. The first kappa shape index (κ1) is 17.3. The summed E-state index contributed by atoms with van der Waals surface area (Å²) in [7, 11) is -0.876. The first-order valence-electron chi connectivity index (χ1n) is 11.4. The first-order valence-corrected chi connectivity index (χ1v) is 9.94. The van der Waals surface area contributed by atoms with Gasteiger partial charge in [0.25, 0.3) is 0 Å². The van der Waals surface area contributed by atoms with Gasteiger partial charge >= 0.3 is 13.2 Å². The van der Waals surface area contributed by atoms with Crippen LogP contribution in [0.1, 0.15) is 76.9 Å². The van der Waals surface area contributed by atoms with E-state index in [1.807, 2.05) is 48.5 Å². The number of carbonyl (C=O) groups excluding carboxylic acids is 1. The second-order valence-corrected chi connectivity index (χ2v) is 9.62. The topological polar surface area (TPSA) is 60.9 Å². The first-order chi connectivity index (χ1) is 14.1. The van der Waals surface area contributed by atoms with Crippen LogP contribution in [0.25, 0.3) is 0 Å². The van der Waals surface area contributed by atoms with Crippen molar-refractivity contribution < 1.29 is 23.0 Å². The third kappa shape index (κ3) is 4.52. The highest BCUT2D eigenvalue weighted by Gasteiger charge is 2.51. The molecule has 154 valence electrons. The van der Waals surface area contributed by atoms with Gasteiger partial charge in [0.05, 0.1) is 15.3 Å². The Labute approximate surface area is 173 Å². The lowest BCUT2D eigenvalue weighted by Crippen LogP contribution is -2.41. The lowest BCUT2D eigenvalue weighted by molar-refractivity contribution is 0.00578. The van der Waals surface area contributed by atoms with Gasteiger partial charge in [0.2, 0.25) is 0 Å². The van der Waals surface area contributed by atoms with Crippen molar-refractivity contribution in [3.63, 3.8) is 0 Å². The normalized spacial score (nSPS) is 23.9. The van der Waals surface area contributed by atoms with E-state index in [9.17, 15) is 4.79 Å². The van der Waals surface area contributed by atoms with Crippen LogP contribution in [-0.2, 0) is 14.0 Å². The van der Waals surface area contributed by atoms with E-state index in [1.165, 1.54) is 0 Å². The lowest BCUT2D eigenvalue weighted by Gasteiger charge is -2.33. The highest BCUT2D eigenvalue weighted by atomic mass is 16.7. The van der Waals surface area contributed by atoms with E-state index in [2.05, 4.69) is 4.98 Å². The molecule has 28 heavy (non-hydrogen) atoms. The lowest BCUT2D eigenvalue weighted by atomic mass is 9.78. The summed E-state index contributed by atoms with van der Waals surface area (Å²) in [5, 5.41) is 0. The maximum absolute atomic E-state index is 12.3. The molecule has 0 bridgehead atoms. The van der Waals surface area contributed by atoms with Crippen LogP contribution in [0.3, 0.4) is 0 Å². The van der Waals surface area contributed by atoms with Crippen molar-refractivity contribution in [2.75, 3.05) is 13.1 Å². The van der Waals surface area contributed by atoms with Crippen molar-refractivity contribution in [3.05, 3.63) is 24.0 Å². The van der Waals surface area contributed by atoms with E-state index >= 15 is 0 Å². The van der Waals surface area contributed by atoms with Crippen LogP contribution < -0.4 is 5.46 Å². The molecule has 0 saturated carbocycles. The Balaban J connectivity index is 1.83. The zero-order valence-corrected chi connectivity index (χ0v) is 18.0. The van der Waals surface area contributed by atoms with Gasteiger partial charge in [0.1, 0.15) is 5.60 Å². The van der Waals surface area contributed by atoms with E-state index < -0.39 is 23.9 Å². The van der Waals surface area contributed by atoms with Gasteiger partial charge in [-0.25, -0.2) is 4.79 Å². The molecule has 2 aliphatic rings. The molecular weight excluding hydrogens is 355 g/mol. The Morgan fingerprint density at radius 1 is 1.21 bits per heavy atom. The van der Waals surface area contributed by atoms with Crippen molar-refractivity contribution >= 4 is 18.7 Å². The molecule has 0 N–H and O–H groups in total. The molecule has 2 aliphatic heterocycles. The van der Waals surface area contributed by atoms with Crippen LogP contribution in [0.2, 0.25) is 0 Å². The molecule has 1 amide bonds. The number of likely N-dealkylation sites (tertiary alicyclic amines) is 1. The fourth-order valence-electron chi connectivity index (χ4n) is 3.29. The molecule has 0 aromatic carbocycles. The minimum atomic E-state index is -0.876. The van der Waals surface area contributed by atoms with Crippen LogP contribution in [-0.4, -0.2) is 53.0 Å². The summed E-state index contributed by atoms with van der Waals surface area (Å²) in [6.07, 6.45) is 0.618. The fraction of sp³-hybridized carbons (Fsp3) is 0.714. The van der Waals surface area contributed by atoms with Crippen LogP contribution in [0.15, 0.2) is 18.4 Å². The summed E-state index contributed by atoms with van der Waals surface area (Å²) < 4.78 is 43.0. The predicted octanol–water partition coefficient (Wildman–Crippen LogP) is 3.50. The highest BCUT2D eigenvalue weighted by Crippen LogP contribution is 2.36. The molecule has 3 rings (SSSR count). The van der Waals surface area contributed by atoms with Gasteiger partial charge in [0.15, 0.2) is 0 Å². The third-order valence-corrected chi connectivity index (χ3v) is 5.67. The summed E-state index contributed by atoms with van der Waals surface area (Å²) in [5.41, 5.74) is -1.00. The molecule has 0 aliphatic carbocycles. The summed E-state index contributed by atoms with van der Waals surface area (Å²) >= 11 is 0. The quantitative estimate of drug-likeness (QED) is 0.723. The van der Waals surface area contributed by atoms with Gasteiger partial charge in [-0.3, -0.25) is 4.98 Å². The molecule has 2 fully saturated rings. The molecule has 6 nitrogen and oxygen atoms in total. The van der Waals surface area contributed by atoms with E-state index in [4.69, 9.17) is 18.2 Å². The van der Waals surface area contributed by atoms with Gasteiger partial charge in [0, 0.05) is 30.9 Å². The van der Waals surface area contributed by atoms with Gasteiger partial charge in [-0.15, -0.1) is 0 Å². The number of piperidine rings is 1. The monoisotopic (exact) mass is 391 g/mol. The molecule has 0 atom stereocenters. The average Bonchev–Trinajstić information content (AvgIpc) is 2.80. The van der Waals surface area contributed by atoms with Crippen molar-refractivity contribution in [2.45, 2.75) is 84.0 Å².